The molecule has 0 amide bonds. The lowest BCUT2D eigenvalue weighted by atomic mass is 10.1. The van der Waals surface area contributed by atoms with E-state index >= 15 is 0 Å². The van der Waals surface area contributed by atoms with Crippen molar-refractivity contribution in [2.75, 3.05) is 26.3 Å². The van der Waals surface area contributed by atoms with Gasteiger partial charge in [-0.3, -0.25) is 9.69 Å². The molecule has 1 aliphatic heterocycles. The van der Waals surface area contributed by atoms with E-state index in [2.05, 4.69) is 9.88 Å². The van der Waals surface area contributed by atoms with Crippen LogP contribution in [0, 0.1) is 0 Å². The minimum atomic E-state index is -0.770. The first-order valence-electron chi connectivity index (χ1n) is 5.75. The number of nitrogens with zero attached hydrogens (tertiary/aromatic N) is 3. The average molecular weight is 239 g/mol. The molecule has 0 radical (unpaired) electrons. The highest BCUT2D eigenvalue weighted by Gasteiger charge is 2.24. The van der Waals surface area contributed by atoms with Gasteiger partial charge in [0.15, 0.2) is 0 Å². The van der Waals surface area contributed by atoms with Gasteiger partial charge in [0.1, 0.15) is 0 Å². The lowest BCUT2D eigenvalue weighted by Gasteiger charge is -2.34. The number of rotatable bonds is 5. The van der Waals surface area contributed by atoms with Crippen molar-refractivity contribution < 1.29 is 14.6 Å². The van der Waals surface area contributed by atoms with Crippen molar-refractivity contribution in [2.24, 2.45) is 0 Å². The van der Waals surface area contributed by atoms with E-state index in [1.807, 2.05) is 10.8 Å². The Hall–Kier alpha value is -1.40. The molecule has 0 saturated carbocycles. The summed E-state index contributed by atoms with van der Waals surface area (Å²) in [6.07, 6.45) is 5.57. The molecule has 1 unspecified atom stereocenters. The number of carboxylic acid groups (broad SMARTS) is 1. The molecule has 0 aliphatic carbocycles. The number of ether oxygens (including phenoxy) is 1. The van der Waals surface area contributed by atoms with Gasteiger partial charge in [-0.05, 0) is 0 Å². The maximum Gasteiger partial charge on any atom is 0.305 e. The van der Waals surface area contributed by atoms with Crippen molar-refractivity contribution in [3.63, 3.8) is 0 Å². The summed E-state index contributed by atoms with van der Waals surface area (Å²) < 4.78 is 7.32. The molecule has 1 N–H and O–H groups in total. The van der Waals surface area contributed by atoms with Gasteiger partial charge in [0, 0.05) is 38.1 Å². The Morgan fingerprint density at radius 1 is 1.53 bits per heavy atom. The van der Waals surface area contributed by atoms with Crippen LogP contribution in [0.15, 0.2) is 18.7 Å². The summed E-state index contributed by atoms with van der Waals surface area (Å²) in [4.78, 5) is 16.9. The van der Waals surface area contributed by atoms with Crippen LogP contribution in [0.2, 0.25) is 0 Å². The zero-order chi connectivity index (χ0) is 12.1. The van der Waals surface area contributed by atoms with E-state index in [4.69, 9.17) is 9.84 Å². The zero-order valence-corrected chi connectivity index (χ0v) is 9.66. The Kier molecular flexibility index (Phi) is 4.11. The van der Waals surface area contributed by atoms with Crippen LogP contribution in [0.4, 0.5) is 0 Å². The number of carbonyl (C=O) groups is 1. The fraction of sp³-hybridized carbons (Fsp3) is 0.636. The van der Waals surface area contributed by atoms with Gasteiger partial charge in [0.25, 0.3) is 0 Å². The standard InChI is InChI=1S/C11H17N3O3/c15-11(16)7-10-8-17-6-5-14(10)4-3-13-2-1-12-9-13/h1-2,9-10H,3-8H2,(H,15,16). The highest BCUT2D eigenvalue weighted by Crippen LogP contribution is 2.10. The number of morpholine rings is 1. The summed E-state index contributed by atoms with van der Waals surface area (Å²) in [5, 5.41) is 8.84. The summed E-state index contributed by atoms with van der Waals surface area (Å²) >= 11 is 0. The quantitative estimate of drug-likeness (QED) is 0.787. The lowest BCUT2D eigenvalue weighted by Crippen LogP contribution is -2.47. The molecule has 0 spiro atoms. The molecular formula is C11H17N3O3. The number of carboxylic acids is 1. The Bertz CT molecular complexity index is 353. The summed E-state index contributed by atoms with van der Waals surface area (Å²) in [7, 11) is 0. The summed E-state index contributed by atoms with van der Waals surface area (Å²) in [6, 6.07) is -0.00947. The van der Waals surface area contributed by atoms with E-state index in [0.29, 0.717) is 13.2 Å². The van der Waals surface area contributed by atoms with Crippen LogP contribution in [0.25, 0.3) is 0 Å². The molecule has 6 heteroatoms. The molecular weight excluding hydrogens is 222 g/mol. The monoisotopic (exact) mass is 239 g/mol. The minimum absolute atomic E-state index is 0.00947. The van der Waals surface area contributed by atoms with Crippen molar-refractivity contribution >= 4 is 5.97 Å². The van der Waals surface area contributed by atoms with Crippen LogP contribution in [0.3, 0.4) is 0 Å². The van der Waals surface area contributed by atoms with Crippen LogP contribution >= 0.6 is 0 Å². The molecule has 94 valence electrons. The largest absolute Gasteiger partial charge is 0.481 e. The number of imidazole rings is 1. The average Bonchev–Trinajstić information content (AvgIpc) is 2.80. The van der Waals surface area contributed by atoms with Gasteiger partial charge in [-0.25, -0.2) is 4.98 Å². The maximum absolute atomic E-state index is 10.7. The summed E-state index contributed by atoms with van der Waals surface area (Å²) in [6.45, 7) is 3.65. The first kappa shape index (κ1) is 12.1. The van der Waals surface area contributed by atoms with Gasteiger partial charge in [-0.2, -0.15) is 0 Å². The molecule has 0 aromatic carbocycles. The first-order chi connectivity index (χ1) is 8.25. The third-order valence-electron chi connectivity index (χ3n) is 2.96. The van der Waals surface area contributed by atoms with Gasteiger partial charge in [0.2, 0.25) is 0 Å². The molecule has 0 bridgehead atoms. The third-order valence-corrected chi connectivity index (χ3v) is 2.96. The number of hydrogen-bond acceptors (Lipinski definition) is 4. The van der Waals surface area contributed by atoms with E-state index in [1.54, 1.807) is 12.5 Å². The van der Waals surface area contributed by atoms with Crippen molar-refractivity contribution in [1.82, 2.24) is 14.5 Å². The van der Waals surface area contributed by atoms with E-state index in [0.717, 1.165) is 19.6 Å². The van der Waals surface area contributed by atoms with Crippen LogP contribution in [-0.2, 0) is 16.1 Å². The van der Waals surface area contributed by atoms with E-state index in [1.165, 1.54) is 0 Å². The van der Waals surface area contributed by atoms with Gasteiger partial charge < -0.3 is 14.4 Å². The second-order valence-electron chi connectivity index (χ2n) is 4.16. The van der Waals surface area contributed by atoms with E-state index in [9.17, 15) is 4.79 Å². The van der Waals surface area contributed by atoms with E-state index < -0.39 is 5.97 Å². The number of aliphatic carboxylic acids is 1. The smallest absolute Gasteiger partial charge is 0.305 e. The molecule has 1 fully saturated rings. The molecule has 2 heterocycles. The molecule has 1 aliphatic rings. The van der Waals surface area contributed by atoms with Crippen LogP contribution < -0.4 is 0 Å². The second kappa shape index (κ2) is 5.79. The first-order valence-corrected chi connectivity index (χ1v) is 5.75. The Balaban J connectivity index is 1.85. The molecule has 1 saturated heterocycles. The Morgan fingerprint density at radius 3 is 3.12 bits per heavy atom. The van der Waals surface area contributed by atoms with Crippen molar-refractivity contribution in [3.05, 3.63) is 18.7 Å². The third kappa shape index (κ3) is 3.54. The Labute approximate surface area is 99.8 Å². The fourth-order valence-electron chi connectivity index (χ4n) is 2.04. The molecule has 1 aromatic heterocycles. The summed E-state index contributed by atoms with van der Waals surface area (Å²) in [5.41, 5.74) is 0. The van der Waals surface area contributed by atoms with Crippen LogP contribution in [-0.4, -0.2) is 57.9 Å². The van der Waals surface area contributed by atoms with Crippen molar-refractivity contribution in [2.45, 2.75) is 19.0 Å². The van der Waals surface area contributed by atoms with Gasteiger partial charge in [-0.15, -0.1) is 0 Å². The topological polar surface area (TPSA) is 67.6 Å². The van der Waals surface area contributed by atoms with Gasteiger partial charge in [0.05, 0.1) is 26.0 Å². The van der Waals surface area contributed by atoms with Crippen molar-refractivity contribution in [1.29, 1.82) is 0 Å². The number of aromatic nitrogens is 2. The van der Waals surface area contributed by atoms with Gasteiger partial charge >= 0.3 is 5.97 Å². The highest BCUT2D eigenvalue weighted by atomic mass is 16.5. The molecule has 1 aromatic rings. The number of hydrogen-bond donors (Lipinski definition) is 1. The van der Waals surface area contributed by atoms with Crippen molar-refractivity contribution in [3.8, 4) is 0 Å². The Morgan fingerprint density at radius 2 is 2.41 bits per heavy atom. The lowest BCUT2D eigenvalue weighted by molar-refractivity contribution is -0.140. The summed E-state index contributed by atoms with van der Waals surface area (Å²) in [5.74, 6) is -0.770. The van der Waals surface area contributed by atoms with Crippen LogP contribution in [0.5, 0.6) is 0 Å². The van der Waals surface area contributed by atoms with E-state index in [-0.39, 0.29) is 12.5 Å². The predicted molar refractivity (Wildman–Crippen MR) is 60.7 cm³/mol. The minimum Gasteiger partial charge on any atom is -0.481 e. The maximum atomic E-state index is 10.7. The fourth-order valence-corrected chi connectivity index (χ4v) is 2.04. The van der Waals surface area contributed by atoms with Gasteiger partial charge in [-0.1, -0.05) is 0 Å². The molecule has 6 nitrogen and oxygen atoms in total. The zero-order valence-electron chi connectivity index (χ0n) is 9.66. The molecule has 1 atom stereocenters. The SMILES string of the molecule is O=C(O)CC1COCCN1CCn1ccnc1. The molecule has 2 rings (SSSR count). The normalized spacial score (nSPS) is 21.5. The second-order valence-corrected chi connectivity index (χ2v) is 4.16. The predicted octanol–water partition coefficient (Wildman–Crippen LogP) is 0.0586. The molecule has 17 heavy (non-hydrogen) atoms. The highest BCUT2D eigenvalue weighted by molar-refractivity contribution is 5.67. The van der Waals surface area contributed by atoms with Crippen LogP contribution in [0.1, 0.15) is 6.42 Å².